The summed E-state index contributed by atoms with van der Waals surface area (Å²) in [5, 5.41) is 2.98. The first-order chi connectivity index (χ1) is 21.0. The zero-order chi connectivity index (χ0) is 31.9. The van der Waals surface area contributed by atoms with Crippen LogP contribution in [0.2, 0.25) is 0 Å². The predicted molar refractivity (Wildman–Crippen MR) is 179 cm³/mol. The highest BCUT2D eigenvalue weighted by Crippen LogP contribution is 2.29. The van der Waals surface area contributed by atoms with Crippen LogP contribution in [0.5, 0.6) is 0 Å². The third-order valence-corrected chi connectivity index (χ3v) is 9.51. The maximum Gasteiger partial charge on any atom is 0.264 e. The van der Waals surface area contributed by atoms with Crippen molar-refractivity contribution in [1.82, 2.24) is 10.2 Å². The first-order valence-corrected chi connectivity index (χ1v) is 16.7. The maximum atomic E-state index is 14.5. The second kappa shape index (κ2) is 14.7. The minimum absolute atomic E-state index is 0.0755. The summed E-state index contributed by atoms with van der Waals surface area (Å²) in [7, 11) is -4.15. The van der Waals surface area contributed by atoms with Gasteiger partial charge in [-0.25, -0.2) is 8.42 Å². The molecule has 230 valence electrons. The van der Waals surface area contributed by atoms with Crippen molar-refractivity contribution in [2.24, 2.45) is 0 Å². The molecule has 0 aliphatic rings. The molecule has 0 fully saturated rings. The van der Waals surface area contributed by atoms with E-state index in [0.29, 0.717) is 11.3 Å². The van der Waals surface area contributed by atoms with E-state index < -0.39 is 28.5 Å². The van der Waals surface area contributed by atoms with Crippen LogP contribution in [-0.4, -0.2) is 43.8 Å². The summed E-state index contributed by atoms with van der Waals surface area (Å²) in [6.45, 7) is 7.06. The number of hydrogen-bond acceptors (Lipinski definition) is 4. The van der Waals surface area contributed by atoms with Gasteiger partial charge in [-0.05, 0) is 80.3 Å². The van der Waals surface area contributed by atoms with E-state index in [1.54, 1.807) is 24.3 Å². The monoisotopic (exact) mass is 675 g/mol. The Morgan fingerprint density at radius 1 is 0.818 bits per heavy atom. The first-order valence-electron chi connectivity index (χ1n) is 14.5. The average Bonchev–Trinajstić information content (AvgIpc) is 3.00. The van der Waals surface area contributed by atoms with E-state index in [9.17, 15) is 18.0 Å². The van der Waals surface area contributed by atoms with Gasteiger partial charge in [-0.3, -0.25) is 13.9 Å². The maximum absolute atomic E-state index is 14.5. The minimum atomic E-state index is -4.15. The molecule has 4 aromatic carbocycles. The summed E-state index contributed by atoms with van der Waals surface area (Å²) < 4.78 is 30.4. The molecule has 0 radical (unpaired) electrons. The largest absolute Gasteiger partial charge is 0.352 e. The number of benzene rings is 4. The number of hydrogen-bond donors (Lipinski definition) is 1. The Balaban J connectivity index is 1.82. The van der Waals surface area contributed by atoms with Crippen molar-refractivity contribution in [3.63, 3.8) is 0 Å². The molecule has 7 nitrogen and oxygen atoms in total. The van der Waals surface area contributed by atoms with Crippen molar-refractivity contribution in [1.29, 1.82) is 0 Å². The van der Waals surface area contributed by atoms with E-state index >= 15 is 0 Å². The van der Waals surface area contributed by atoms with Crippen LogP contribution in [0.25, 0.3) is 0 Å². The lowest BCUT2D eigenvalue weighted by Gasteiger charge is -2.34. The fourth-order valence-electron chi connectivity index (χ4n) is 4.94. The van der Waals surface area contributed by atoms with Crippen LogP contribution in [-0.2, 0) is 32.6 Å². The fraction of sp³-hybridized carbons (Fsp3) is 0.257. The molecule has 0 unspecified atom stereocenters. The van der Waals surface area contributed by atoms with Crippen molar-refractivity contribution in [2.45, 2.75) is 57.6 Å². The second-order valence-electron chi connectivity index (χ2n) is 11.1. The summed E-state index contributed by atoms with van der Waals surface area (Å²) in [6, 6.07) is 29.6. The van der Waals surface area contributed by atoms with Crippen LogP contribution >= 0.6 is 15.9 Å². The fourth-order valence-corrected chi connectivity index (χ4v) is 6.70. The number of rotatable bonds is 12. The molecule has 0 aliphatic heterocycles. The Labute approximate surface area is 269 Å². The van der Waals surface area contributed by atoms with Crippen LogP contribution < -0.4 is 9.62 Å². The smallest absolute Gasteiger partial charge is 0.264 e. The molecule has 0 saturated carbocycles. The van der Waals surface area contributed by atoms with Gasteiger partial charge in [0.15, 0.2) is 0 Å². The summed E-state index contributed by atoms with van der Waals surface area (Å²) in [4.78, 5) is 29.9. The Morgan fingerprint density at radius 2 is 1.43 bits per heavy atom. The van der Waals surface area contributed by atoms with Crippen molar-refractivity contribution in [3.05, 3.63) is 130 Å². The molecule has 0 heterocycles. The average molecular weight is 677 g/mol. The molecule has 1 N–H and O–H groups in total. The topological polar surface area (TPSA) is 86.8 Å². The molecule has 0 aromatic heterocycles. The Morgan fingerprint density at radius 3 is 2.05 bits per heavy atom. The molecule has 4 aromatic rings. The van der Waals surface area contributed by atoms with Crippen LogP contribution in [0.4, 0.5) is 5.69 Å². The number of amides is 2. The summed E-state index contributed by atoms with van der Waals surface area (Å²) in [5.41, 5.74) is 3.67. The normalized spacial score (nSPS) is 12.0. The zero-order valence-corrected chi connectivity index (χ0v) is 27.8. The SMILES string of the molecule is Cc1ccc(C)c(N(CC(=O)N(Cc2ccc(Br)cc2)[C@H](Cc2ccccc2)C(=O)NC(C)C)S(=O)(=O)c2ccccc2)c1. The lowest BCUT2D eigenvalue weighted by molar-refractivity contribution is -0.140. The van der Waals surface area contributed by atoms with Crippen molar-refractivity contribution < 1.29 is 18.0 Å². The molecular weight excluding hydrogens is 638 g/mol. The molecule has 0 spiro atoms. The van der Waals surface area contributed by atoms with Gasteiger partial charge < -0.3 is 10.2 Å². The van der Waals surface area contributed by atoms with Gasteiger partial charge >= 0.3 is 0 Å². The van der Waals surface area contributed by atoms with Crippen LogP contribution in [0.15, 0.2) is 112 Å². The third-order valence-electron chi connectivity index (χ3n) is 7.21. The van der Waals surface area contributed by atoms with E-state index in [1.165, 1.54) is 21.3 Å². The number of aryl methyl sites for hydroxylation is 2. The molecule has 2 amide bonds. The van der Waals surface area contributed by atoms with E-state index in [4.69, 9.17) is 0 Å². The molecule has 9 heteroatoms. The Bertz CT molecular complexity index is 1680. The molecule has 0 aliphatic carbocycles. The number of carbonyl (C=O) groups excluding carboxylic acids is 2. The predicted octanol–water partition coefficient (Wildman–Crippen LogP) is 6.43. The van der Waals surface area contributed by atoms with Gasteiger partial charge in [0.25, 0.3) is 10.0 Å². The Kier molecular flexibility index (Phi) is 11.0. The molecule has 0 saturated heterocycles. The Hall–Kier alpha value is -3.95. The zero-order valence-electron chi connectivity index (χ0n) is 25.4. The van der Waals surface area contributed by atoms with Gasteiger partial charge in [-0.2, -0.15) is 0 Å². The summed E-state index contributed by atoms with van der Waals surface area (Å²) in [6.07, 6.45) is 0.260. The highest BCUT2D eigenvalue weighted by Gasteiger charge is 2.35. The first kappa shape index (κ1) is 33.0. The standard InChI is InChI=1S/C35H38BrN3O4S/c1-25(2)37-35(41)33(22-28-11-7-5-8-12-28)38(23-29-17-19-30(36)20-18-29)34(40)24-39(32-21-26(3)15-16-27(32)4)44(42,43)31-13-9-6-10-14-31/h5-21,25,33H,22-24H2,1-4H3,(H,37,41)/t33-/m1/s1. The second-order valence-corrected chi connectivity index (χ2v) is 13.9. The van der Waals surface area contributed by atoms with E-state index in [-0.39, 0.29) is 29.8 Å². The summed E-state index contributed by atoms with van der Waals surface area (Å²) in [5.74, 6) is -0.799. The molecular formula is C35H38BrN3O4S. The lowest BCUT2D eigenvalue weighted by Crippen LogP contribution is -2.54. The van der Waals surface area contributed by atoms with Crippen LogP contribution in [0.3, 0.4) is 0 Å². The van der Waals surface area contributed by atoms with E-state index in [2.05, 4.69) is 21.2 Å². The van der Waals surface area contributed by atoms with Gasteiger partial charge in [0.05, 0.1) is 10.6 Å². The number of sulfonamides is 1. The highest BCUT2D eigenvalue weighted by atomic mass is 79.9. The summed E-state index contributed by atoms with van der Waals surface area (Å²) >= 11 is 3.46. The molecule has 44 heavy (non-hydrogen) atoms. The van der Waals surface area contributed by atoms with Gasteiger partial charge in [0.2, 0.25) is 11.8 Å². The number of nitrogens with one attached hydrogen (secondary N) is 1. The quantitative estimate of drug-likeness (QED) is 0.188. The molecule has 1 atom stereocenters. The van der Waals surface area contributed by atoms with Crippen molar-refractivity contribution in [3.8, 4) is 0 Å². The number of anilines is 1. The number of halogens is 1. The van der Waals surface area contributed by atoms with Gasteiger partial charge in [0, 0.05) is 23.5 Å². The molecule has 4 rings (SSSR count). The van der Waals surface area contributed by atoms with E-state index in [0.717, 1.165) is 21.2 Å². The van der Waals surface area contributed by atoms with Crippen molar-refractivity contribution >= 4 is 43.5 Å². The van der Waals surface area contributed by atoms with Crippen LogP contribution in [0, 0.1) is 13.8 Å². The lowest BCUT2D eigenvalue weighted by atomic mass is 10.0. The number of nitrogens with zero attached hydrogens (tertiary/aromatic N) is 2. The highest BCUT2D eigenvalue weighted by molar-refractivity contribution is 9.10. The van der Waals surface area contributed by atoms with Crippen molar-refractivity contribution in [2.75, 3.05) is 10.8 Å². The number of carbonyl (C=O) groups is 2. The van der Waals surface area contributed by atoms with Gasteiger partial charge in [-0.15, -0.1) is 0 Å². The van der Waals surface area contributed by atoms with E-state index in [1.807, 2.05) is 94.4 Å². The minimum Gasteiger partial charge on any atom is -0.352 e. The molecule has 0 bridgehead atoms. The van der Waals surface area contributed by atoms with Crippen LogP contribution in [0.1, 0.15) is 36.1 Å². The van der Waals surface area contributed by atoms with Gasteiger partial charge in [-0.1, -0.05) is 88.7 Å². The van der Waals surface area contributed by atoms with Gasteiger partial charge in [0.1, 0.15) is 12.6 Å². The third kappa shape index (κ3) is 8.36.